The van der Waals surface area contributed by atoms with Gasteiger partial charge in [-0.25, -0.2) is 4.98 Å². The first-order valence-electron chi connectivity index (χ1n) is 6.02. The van der Waals surface area contributed by atoms with Gasteiger partial charge in [-0.2, -0.15) is 0 Å². The van der Waals surface area contributed by atoms with Gasteiger partial charge in [0.1, 0.15) is 12.4 Å². The van der Waals surface area contributed by atoms with Crippen LogP contribution in [0.4, 0.5) is 0 Å². The Morgan fingerprint density at radius 1 is 1.44 bits per heavy atom. The summed E-state index contributed by atoms with van der Waals surface area (Å²) in [5.41, 5.74) is 0. The second-order valence-corrected chi connectivity index (χ2v) is 5.12. The third-order valence-electron chi connectivity index (χ3n) is 2.55. The molecule has 18 heavy (non-hydrogen) atoms. The van der Waals surface area contributed by atoms with Gasteiger partial charge in [0, 0.05) is 23.7 Å². The summed E-state index contributed by atoms with van der Waals surface area (Å²) in [4.78, 5) is 6.62. The second kappa shape index (κ2) is 6.39. The van der Waals surface area contributed by atoms with Crippen LogP contribution < -0.4 is 0 Å². The minimum atomic E-state index is -0.0879. The Morgan fingerprint density at radius 2 is 2.33 bits per heavy atom. The molecule has 0 unspecified atom stereocenters. The van der Waals surface area contributed by atoms with Gasteiger partial charge in [0.05, 0.1) is 11.4 Å². The van der Waals surface area contributed by atoms with Crippen LogP contribution in [0.25, 0.3) is 0 Å². The molecule has 0 atom stereocenters. The first kappa shape index (κ1) is 12.9. The van der Waals surface area contributed by atoms with Crippen LogP contribution in [0.1, 0.15) is 28.9 Å². The monoisotopic (exact) mass is 260 g/mol. The molecule has 0 amide bonds. The van der Waals surface area contributed by atoms with Gasteiger partial charge in [-0.15, -0.1) is 11.3 Å². The lowest BCUT2D eigenvalue weighted by Crippen LogP contribution is -2.02. The van der Waals surface area contributed by atoms with Crippen LogP contribution in [0.5, 0.6) is 0 Å². The molecule has 0 bridgehead atoms. The maximum Gasteiger partial charge on any atom is 0.108 e. The fourth-order valence-corrected chi connectivity index (χ4v) is 2.64. The van der Waals surface area contributed by atoms with Gasteiger partial charge in [0.25, 0.3) is 0 Å². The van der Waals surface area contributed by atoms with Crippen molar-refractivity contribution in [1.82, 2.24) is 9.55 Å². The average molecular weight is 260 g/mol. The molecule has 0 radical (unpaired) electrons. The van der Waals surface area contributed by atoms with Crippen molar-refractivity contribution in [3.8, 4) is 11.8 Å². The summed E-state index contributed by atoms with van der Waals surface area (Å²) < 4.78 is 2.18. The summed E-state index contributed by atoms with van der Waals surface area (Å²) in [5.74, 6) is 6.73. The molecule has 0 aliphatic carbocycles. The largest absolute Gasteiger partial charge is 0.384 e. The van der Waals surface area contributed by atoms with Crippen molar-refractivity contribution in [1.29, 1.82) is 0 Å². The van der Waals surface area contributed by atoms with Crippen molar-refractivity contribution < 1.29 is 5.11 Å². The molecule has 0 aromatic carbocycles. The zero-order valence-electron chi connectivity index (χ0n) is 10.4. The Morgan fingerprint density at radius 3 is 3.11 bits per heavy atom. The highest BCUT2D eigenvalue weighted by Crippen LogP contribution is 2.17. The number of aromatic nitrogens is 2. The fourth-order valence-electron chi connectivity index (χ4n) is 1.76. The van der Waals surface area contributed by atoms with Crippen LogP contribution in [-0.2, 0) is 13.0 Å². The van der Waals surface area contributed by atoms with Crippen LogP contribution in [0, 0.1) is 11.8 Å². The van der Waals surface area contributed by atoms with E-state index in [9.17, 15) is 0 Å². The summed E-state index contributed by atoms with van der Waals surface area (Å²) in [6, 6.07) is 4.08. The van der Waals surface area contributed by atoms with Crippen molar-refractivity contribution in [2.24, 2.45) is 0 Å². The third kappa shape index (κ3) is 3.22. The van der Waals surface area contributed by atoms with E-state index in [-0.39, 0.29) is 6.61 Å². The molecule has 1 N–H and O–H groups in total. The molecule has 0 aliphatic rings. The molecular weight excluding hydrogens is 244 g/mol. The van der Waals surface area contributed by atoms with Gasteiger partial charge in [-0.05, 0) is 18.6 Å². The van der Waals surface area contributed by atoms with Crippen molar-refractivity contribution in [3.05, 3.63) is 40.1 Å². The molecule has 94 valence electrons. The van der Waals surface area contributed by atoms with Crippen molar-refractivity contribution >= 4 is 11.3 Å². The van der Waals surface area contributed by atoms with Gasteiger partial charge in [0.2, 0.25) is 0 Å². The summed E-state index contributed by atoms with van der Waals surface area (Å²) >= 11 is 1.66. The molecular formula is C14H16N2OS. The predicted molar refractivity (Wildman–Crippen MR) is 73.6 cm³/mol. The molecule has 2 rings (SSSR count). The molecule has 2 heterocycles. The van der Waals surface area contributed by atoms with Crippen LogP contribution >= 0.6 is 11.3 Å². The quantitative estimate of drug-likeness (QED) is 0.857. The Balaban J connectivity index is 2.09. The summed E-state index contributed by atoms with van der Waals surface area (Å²) in [6.07, 6.45) is 5.99. The van der Waals surface area contributed by atoms with E-state index >= 15 is 0 Å². The number of rotatable bonds is 4. The van der Waals surface area contributed by atoms with Gasteiger partial charge >= 0.3 is 0 Å². The van der Waals surface area contributed by atoms with E-state index in [1.807, 2.05) is 18.5 Å². The minimum absolute atomic E-state index is 0.0879. The highest BCUT2D eigenvalue weighted by atomic mass is 32.1. The fraction of sp³-hybridized carbons (Fsp3) is 0.357. The third-order valence-corrected chi connectivity index (χ3v) is 3.54. The number of aryl methyl sites for hydroxylation is 1. The zero-order chi connectivity index (χ0) is 12.8. The number of thiophene rings is 1. The number of hydrogen-bond donors (Lipinski definition) is 1. The van der Waals surface area contributed by atoms with Gasteiger partial charge in [-0.3, -0.25) is 0 Å². The van der Waals surface area contributed by atoms with E-state index in [4.69, 9.17) is 5.11 Å². The predicted octanol–water partition coefficient (Wildman–Crippen LogP) is 2.29. The smallest absolute Gasteiger partial charge is 0.108 e. The van der Waals surface area contributed by atoms with Gasteiger partial charge in [0.15, 0.2) is 0 Å². The van der Waals surface area contributed by atoms with Crippen molar-refractivity contribution in [2.45, 2.75) is 26.3 Å². The molecule has 3 nitrogen and oxygen atoms in total. The van der Waals surface area contributed by atoms with Crippen LogP contribution in [0.2, 0.25) is 0 Å². The minimum Gasteiger partial charge on any atom is -0.384 e. The maximum absolute atomic E-state index is 8.66. The summed E-state index contributed by atoms with van der Waals surface area (Å²) in [6.45, 7) is 2.92. The van der Waals surface area contributed by atoms with Gasteiger partial charge in [-0.1, -0.05) is 18.8 Å². The molecule has 0 fully saturated rings. The van der Waals surface area contributed by atoms with Crippen LogP contribution in [0.15, 0.2) is 24.5 Å². The maximum atomic E-state index is 8.66. The summed E-state index contributed by atoms with van der Waals surface area (Å²) in [7, 11) is 0. The normalized spacial score (nSPS) is 10.1. The van der Waals surface area contributed by atoms with E-state index in [2.05, 4.69) is 34.4 Å². The lowest BCUT2D eigenvalue weighted by Gasteiger charge is -2.04. The zero-order valence-corrected chi connectivity index (χ0v) is 11.2. The number of aliphatic hydroxyl groups excluding tert-OH is 1. The first-order chi connectivity index (χ1) is 8.83. The van der Waals surface area contributed by atoms with Gasteiger partial charge < -0.3 is 9.67 Å². The van der Waals surface area contributed by atoms with Crippen LogP contribution in [0.3, 0.4) is 0 Å². The van der Waals surface area contributed by atoms with Crippen molar-refractivity contribution in [3.63, 3.8) is 0 Å². The highest BCUT2D eigenvalue weighted by molar-refractivity contribution is 7.12. The van der Waals surface area contributed by atoms with E-state index in [0.29, 0.717) is 0 Å². The molecule has 2 aromatic heterocycles. The SMILES string of the molecule is CCCc1nccn1Cc1ccc(C#CCO)s1. The Hall–Kier alpha value is -1.57. The van der Waals surface area contributed by atoms with E-state index in [0.717, 1.165) is 30.1 Å². The Labute approximate surface area is 111 Å². The molecule has 4 heteroatoms. The second-order valence-electron chi connectivity index (χ2n) is 3.95. The van der Waals surface area contributed by atoms with Crippen molar-refractivity contribution in [2.75, 3.05) is 6.61 Å². The van der Waals surface area contributed by atoms with E-state index in [1.54, 1.807) is 11.3 Å². The Kier molecular flexibility index (Phi) is 4.57. The number of imidazole rings is 1. The molecule has 0 spiro atoms. The number of aliphatic hydroxyl groups is 1. The Bertz CT molecular complexity index is 560. The first-order valence-corrected chi connectivity index (χ1v) is 6.83. The molecule has 0 aliphatic heterocycles. The topological polar surface area (TPSA) is 38.0 Å². The van der Waals surface area contributed by atoms with E-state index < -0.39 is 0 Å². The molecule has 2 aromatic rings. The van der Waals surface area contributed by atoms with E-state index in [1.165, 1.54) is 4.88 Å². The molecule has 0 saturated carbocycles. The highest BCUT2D eigenvalue weighted by Gasteiger charge is 2.04. The van der Waals surface area contributed by atoms with Crippen LogP contribution in [-0.4, -0.2) is 21.3 Å². The number of nitrogens with zero attached hydrogens (tertiary/aromatic N) is 2. The average Bonchev–Trinajstić information content (AvgIpc) is 2.98. The lowest BCUT2D eigenvalue weighted by molar-refractivity contribution is 0.350. The standard InChI is InChI=1S/C14H16N2OS/c1-2-4-14-15-8-9-16(14)11-13-7-6-12(18-13)5-3-10-17/h6-9,17H,2,4,10-11H2,1H3. The lowest BCUT2D eigenvalue weighted by atomic mass is 10.3. The number of hydrogen-bond acceptors (Lipinski definition) is 3. The summed E-state index contributed by atoms with van der Waals surface area (Å²) in [5, 5.41) is 8.66. The molecule has 0 saturated heterocycles.